The first-order chi connectivity index (χ1) is 5.75. The molecule has 1 aliphatic rings. The third-order valence-corrected chi connectivity index (χ3v) is 3.74. The van der Waals surface area contributed by atoms with Crippen molar-refractivity contribution in [3.63, 3.8) is 0 Å². The standard InChI is InChI=1S/C10H21NS/c1-4-11(9(2)3)10-5-7-12-8-6-10/h9-10H,4-8H2,1-3H3. The number of hydrogen-bond donors (Lipinski definition) is 0. The minimum atomic E-state index is 0.725. The summed E-state index contributed by atoms with van der Waals surface area (Å²) in [6, 6.07) is 1.60. The Kier molecular flexibility index (Phi) is 4.44. The van der Waals surface area contributed by atoms with Gasteiger partial charge >= 0.3 is 0 Å². The van der Waals surface area contributed by atoms with Gasteiger partial charge in [0.05, 0.1) is 0 Å². The van der Waals surface area contributed by atoms with Crippen LogP contribution in [-0.4, -0.2) is 35.0 Å². The van der Waals surface area contributed by atoms with Crippen molar-refractivity contribution in [3.05, 3.63) is 0 Å². The highest BCUT2D eigenvalue weighted by Gasteiger charge is 2.21. The van der Waals surface area contributed by atoms with Crippen LogP contribution >= 0.6 is 11.8 Å². The minimum Gasteiger partial charge on any atom is -0.298 e. The summed E-state index contributed by atoms with van der Waals surface area (Å²) < 4.78 is 0. The molecule has 0 aliphatic carbocycles. The van der Waals surface area contributed by atoms with E-state index in [1.54, 1.807) is 0 Å². The Balaban J connectivity index is 2.40. The van der Waals surface area contributed by atoms with Crippen molar-refractivity contribution in [2.75, 3.05) is 18.1 Å². The van der Waals surface area contributed by atoms with Crippen molar-refractivity contribution in [3.8, 4) is 0 Å². The molecule has 0 N–H and O–H groups in total. The monoisotopic (exact) mass is 187 g/mol. The molecule has 0 radical (unpaired) electrons. The van der Waals surface area contributed by atoms with Gasteiger partial charge in [-0.3, -0.25) is 4.90 Å². The Morgan fingerprint density at radius 2 is 1.92 bits per heavy atom. The molecule has 12 heavy (non-hydrogen) atoms. The second-order valence-corrected chi connectivity index (χ2v) is 4.99. The third kappa shape index (κ3) is 2.67. The lowest BCUT2D eigenvalue weighted by Crippen LogP contribution is -2.42. The van der Waals surface area contributed by atoms with Gasteiger partial charge in [-0.25, -0.2) is 0 Å². The van der Waals surface area contributed by atoms with Crippen molar-refractivity contribution in [2.45, 2.75) is 45.7 Å². The molecule has 0 unspecified atom stereocenters. The van der Waals surface area contributed by atoms with E-state index >= 15 is 0 Å². The lowest BCUT2D eigenvalue weighted by molar-refractivity contribution is 0.153. The molecular weight excluding hydrogens is 166 g/mol. The summed E-state index contributed by atoms with van der Waals surface area (Å²) in [6.45, 7) is 8.12. The van der Waals surface area contributed by atoms with Crippen molar-refractivity contribution in [2.24, 2.45) is 0 Å². The van der Waals surface area contributed by atoms with Crippen molar-refractivity contribution in [1.82, 2.24) is 4.90 Å². The molecule has 72 valence electrons. The van der Waals surface area contributed by atoms with Crippen LogP contribution in [0, 0.1) is 0 Å². The fourth-order valence-electron chi connectivity index (χ4n) is 2.06. The van der Waals surface area contributed by atoms with Gasteiger partial charge in [-0.15, -0.1) is 0 Å². The van der Waals surface area contributed by atoms with E-state index in [1.165, 1.54) is 30.9 Å². The van der Waals surface area contributed by atoms with Crippen LogP contribution in [-0.2, 0) is 0 Å². The van der Waals surface area contributed by atoms with Gasteiger partial charge in [-0.1, -0.05) is 6.92 Å². The zero-order chi connectivity index (χ0) is 8.97. The maximum absolute atomic E-state index is 2.64. The Hall–Kier alpha value is 0.310. The molecule has 1 aliphatic heterocycles. The second-order valence-electron chi connectivity index (χ2n) is 3.77. The van der Waals surface area contributed by atoms with E-state index in [-0.39, 0.29) is 0 Å². The van der Waals surface area contributed by atoms with Gasteiger partial charge in [-0.2, -0.15) is 11.8 Å². The molecule has 1 saturated heterocycles. The van der Waals surface area contributed by atoms with Gasteiger partial charge in [0.1, 0.15) is 0 Å². The highest BCUT2D eigenvalue weighted by molar-refractivity contribution is 7.99. The Bertz CT molecular complexity index is 119. The average Bonchev–Trinajstić information content (AvgIpc) is 2.07. The number of rotatable bonds is 3. The maximum atomic E-state index is 2.64. The predicted octanol–water partition coefficient (Wildman–Crippen LogP) is 2.61. The smallest absolute Gasteiger partial charge is 0.0114 e. The highest BCUT2D eigenvalue weighted by Crippen LogP contribution is 2.22. The molecule has 0 aromatic carbocycles. The largest absolute Gasteiger partial charge is 0.298 e. The van der Waals surface area contributed by atoms with Crippen LogP contribution < -0.4 is 0 Å². The molecule has 0 bridgehead atoms. The summed E-state index contributed by atoms with van der Waals surface area (Å²) in [5.41, 5.74) is 0. The first-order valence-electron chi connectivity index (χ1n) is 5.09. The van der Waals surface area contributed by atoms with Crippen LogP contribution in [0.15, 0.2) is 0 Å². The molecular formula is C10H21NS. The molecule has 2 heteroatoms. The van der Waals surface area contributed by atoms with E-state index < -0.39 is 0 Å². The average molecular weight is 187 g/mol. The summed E-state index contributed by atoms with van der Waals surface area (Å²) in [5, 5.41) is 0. The highest BCUT2D eigenvalue weighted by atomic mass is 32.2. The lowest BCUT2D eigenvalue weighted by atomic mass is 10.1. The normalized spacial score (nSPS) is 20.8. The van der Waals surface area contributed by atoms with Crippen molar-refractivity contribution >= 4 is 11.8 Å². The van der Waals surface area contributed by atoms with E-state index in [2.05, 4.69) is 37.4 Å². The fraction of sp³-hybridized carbons (Fsp3) is 1.00. The van der Waals surface area contributed by atoms with Crippen LogP contribution in [0.2, 0.25) is 0 Å². The molecule has 0 amide bonds. The summed E-state index contributed by atoms with van der Waals surface area (Å²) in [7, 11) is 0. The summed E-state index contributed by atoms with van der Waals surface area (Å²) in [5.74, 6) is 2.74. The summed E-state index contributed by atoms with van der Waals surface area (Å²) in [6.07, 6.45) is 2.80. The Labute approximate surface area is 80.9 Å². The zero-order valence-electron chi connectivity index (χ0n) is 8.55. The van der Waals surface area contributed by atoms with Gasteiger partial charge in [0.15, 0.2) is 0 Å². The first kappa shape index (κ1) is 10.4. The number of hydrogen-bond acceptors (Lipinski definition) is 2. The van der Waals surface area contributed by atoms with E-state index in [4.69, 9.17) is 0 Å². The van der Waals surface area contributed by atoms with Gasteiger partial charge in [0.2, 0.25) is 0 Å². The van der Waals surface area contributed by atoms with E-state index in [0.29, 0.717) is 0 Å². The van der Waals surface area contributed by atoms with Crippen LogP contribution in [0.3, 0.4) is 0 Å². The predicted molar refractivity (Wildman–Crippen MR) is 57.9 cm³/mol. The van der Waals surface area contributed by atoms with Crippen LogP contribution in [0.1, 0.15) is 33.6 Å². The van der Waals surface area contributed by atoms with E-state index in [0.717, 1.165) is 12.1 Å². The minimum absolute atomic E-state index is 0.725. The number of thioether (sulfide) groups is 1. The topological polar surface area (TPSA) is 3.24 Å². The fourth-order valence-corrected chi connectivity index (χ4v) is 3.14. The maximum Gasteiger partial charge on any atom is 0.0114 e. The SMILES string of the molecule is CCN(C(C)C)C1CCSCC1. The summed E-state index contributed by atoms with van der Waals surface area (Å²) >= 11 is 2.11. The Morgan fingerprint density at radius 3 is 2.33 bits per heavy atom. The van der Waals surface area contributed by atoms with Crippen LogP contribution in [0.25, 0.3) is 0 Å². The Morgan fingerprint density at radius 1 is 1.33 bits per heavy atom. The van der Waals surface area contributed by atoms with Crippen molar-refractivity contribution < 1.29 is 0 Å². The molecule has 0 saturated carbocycles. The van der Waals surface area contributed by atoms with Crippen LogP contribution in [0.4, 0.5) is 0 Å². The summed E-state index contributed by atoms with van der Waals surface area (Å²) in [4.78, 5) is 2.64. The molecule has 0 atom stereocenters. The quantitative estimate of drug-likeness (QED) is 0.668. The van der Waals surface area contributed by atoms with Crippen molar-refractivity contribution in [1.29, 1.82) is 0 Å². The third-order valence-electron chi connectivity index (χ3n) is 2.69. The molecule has 1 nitrogen and oxygen atoms in total. The number of nitrogens with zero attached hydrogens (tertiary/aromatic N) is 1. The molecule has 1 fully saturated rings. The van der Waals surface area contributed by atoms with E-state index in [1.807, 2.05) is 0 Å². The molecule has 0 spiro atoms. The van der Waals surface area contributed by atoms with Gasteiger partial charge in [-0.05, 0) is 44.7 Å². The second kappa shape index (κ2) is 5.13. The van der Waals surface area contributed by atoms with Gasteiger partial charge in [0.25, 0.3) is 0 Å². The van der Waals surface area contributed by atoms with Gasteiger partial charge in [0, 0.05) is 12.1 Å². The lowest BCUT2D eigenvalue weighted by Gasteiger charge is -2.36. The van der Waals surface area contributed by atoms with Crippen LogP contribution in [0.5, 0.6) is 0 Å². The van der Waals surface area contributed by atoms with Gasteiger partial charge < -0.3 is 0 Å². The first-order valence-corrected chi connectivity index (χ1v) is 6.24. The molecule has 0 aromatic rings. The molecule has 0 aromatic heterocycles. The van der Waals surface area contributed by atoms with E-state index in [9.17, 15) is 0 Å². The molecule has 1 rings (SSSR count). The molecule has 1 heterocycles. The zero-order valence-corrected chi connectivity index (χ0v) is 9.36.